The maximum Gasteiger partial charge on any atom is 0.310 e. The van der Waals surface area contributed by atoms with Gasteiger partial charge in [0.1, 0.15) is 4.90 Å². The van der Waals surface area contributed by atoms with Gasteiger partial charge in [-0.15, -0.1) is 0 Å². The summed E-state index contributed by atoms with van der Waals surface area (Å²) in [5, 5.41) is 11.7. The third-order valence-electron chi connectivity index (χ3n) is 4.51. The Hall–Kier alpha value is -3.40. The maximum absolute atomic E-state index is 13.0. The number of para-hydroxylation sites is 1. The Morgan fingerprint density at radius 2 is 1.93 bits per heavy atom. The number of carbonyl (C=O) groups is 1. The van der Waals surface area contributed by atoms with Crippen LogP contribution in [0.1, 0.15) is 25.3 Å². The van der Waals surface area contributed by atoms with Crippen molar-refractivity contribution in [3.8, 4) is 5.82 Å². The molecule has 1 atom stereocenters. The summed E-state index contributed by atoms with van der Waals surface area (Å²) in [5.41, 5.74) is 0.0617. The molecule has 0 amide bonds. The molecule has 0 bridgehead atoms. The van der Waals surface area contributed by atoms with Gasteiger partial charge in [0.2, 0.25) is 0 Å². The fourth-order valence-corrected chi connectivity index (χ4v) is 4.29. The first-order valence-electron chi connectivity index (χ1n) is 8.84. The standard InChI is InChI=1S/C19H20N4O5S/c1-3-22(14-7-5-4-6-8-14)29(27,28)15-9-10-17(20-11-15)23-18(24)16(12-21-23)13(2)19(25)26/h4-13,21H,3H2,1-2H3,(H,25,26). The molecule has 0 spiro atoms. The molecule has 9 nitrogen and oxygen atoms in total. The van der Waals surface area contributed by atoms with Crippen LogP contribution in [0.4, 0.5) is 5.69 Å². The molecule has 10 heteroatoms. The van der Waals surface area contributed by atoms with E-state index in [0.29, 0.717) is 5.69 Å². The molecule has 0 aliphatic heterocycles. The van der Waals surface area contributed by atoms with E-state index >= 15 is 0 Å². The van der Waals surface area contributed by atoms with Crippen molar-refractivity contribution < 1.29 is 18.3 Å². The third kappa shape index (κ3) is 3.79. The molecule has 2 heterocycles. The Morgan fingerprint density at radius 1 is 1.24 bits per heavy atom. The molecule has 1 unspecified atom stereocenters. The predicted molar refractivity (Wildman–Crippen MR) is 107 cm³/mol. The Balaban J connectivity index is 1.95. The van der Waals surface area contributed by atoms with Crippen LogP contribution in [0.3, 0.4) is 0 Å². The normalized spacial score (nSPS) is 12.5. The van der Waals surface area contributed by atoms with Crippen molar-refractivity contribution in [1.29, 1.82) is 0 Å². The van der Waals surface area contributed by atoms with E-state index in [-0.39, 0.29) is 22.8 Å². The SMILES string of the molecule is CCN(c1ccccc1)S(=O)(=O)c1ccc(-n2[nH]cc(C(C)C(=O)O)c2=O)nc1. The van der Waals surface area contributed by atoms with Gasteiger partial charge in [-0.1, -0.05) is 18.2 Å². The quantitative estimate of drug-likeness (QED) is 0.606. The molecule has 152 valence electrons. The fourth-order valence-electron chi connectivity index (χ4n) is 2.87. The average molecular weight is 416 g/mol. The topological polar surface area (TPSA) is 125 Å². The Morgan fingerprint density at radius 3 is 2.48 bits per heavy atom. The summed E-state index contributed by atoms with van der Waals surface area (Å²) >= 11 is 0. The molecule has 0 aliphatic rings. The van der Waals surface area contributed by atoms with Gasteiger partial charge < -0.3 is 5.11 Å². The Kier molecular flexibility index (Phi) is 5.55. The molecular formula is C19H20N4O5S. The molecule has 2 N–H and O–H groups in total. The summed E-state index contributed by atoms with van der Waals surface area (Å²) in [6.45, 7) is 3.37. The lowest BCUT2D eigenvalue weighted by atomic mass is 10.1. The third-order valence-corrected chi connectivity index (χ3v) is 6.39. The van der Waals surface area contributed by atoms with E-state index in [1.807, 2.05) is 0 Å². The summed E-state index contributed by atoms with van der Waals surface area (Å²) in [7, 11) is -3.84. The zero-order valence-electron chi connectivity index (χ0n) is 15.8. The zero-order valence-corrected chi connectivity index (χ0v) is 16.6. The van der Waals surface area contributed by atoms with Crippen LogP contribution in [-0.2, 0) is 14.8 Å². The van der Waals surface area contributed by atoms with Crippen molar-refractivity contribution in [2.75, 3.05) is 10.8 Å². The van der Waals surface area contributed by atoms with E-state index in [1.165, 1.54) is 35.8 Å². The van der Waals surface area contributed by atoms with Gasteiger partial charge in [-0.05, 0) is 38.1 Å². The van der Waals surface area contributed by atoms with Crippen LogP contribution in [0.5, 0.6) is 0 Å². The van der Waals surface area contributed by atoms with Crippen molar-refractivity contribution in [2.24, 2.45) is 0 Å². The number of benzene rings is 1. The van der Waals surface area contributed by atoms with Gasteiger partial charge >= 0.3 is 5.97 Å². The number of aromatic amines is 1. The summed E-state index contributed by atoms with van der Waals surface area (Å²) in [6, 6.07) is 11.5. The average Bonchev–Trinajstić information content (AvgIpc) is 3.09. The lowest BCUT2D eigenvalue weighted by Gasteiger charge is -2.22. The van der Waals surface area contributed by atoms with Gasteiger partial charge in [-0.2, -0.15) is 0 Å². The maximum atomic E-state index is 13.0. The van der Waals surface area contributed by atoms with Crippen LogP contribution in [0, 0.1) is 0 Å². The highest BCUT2D eigenvalue weighted by Gasteiger charge is 2.25. The smallest absolute Gasteiger partial charge is 0.310 e. The number of nitrogens with one attached hydrogen (secondary N) is 1. The molecule has 0 fully saturated rings. The van der Waals surface area contributed by atoms with Crippen molar-refractivity contribution in [3.63, 3.8) is 0 Å². The van der Waals surface area contributed by atoms with Gasteiger partial charge in [-0.25, -0.2) is 18.1 Å². The number of hydrogen-bond acceptors (Lipinski definition) is 5. The van der Waals surface area contributed by atoms with Crippen LogP contribution in [0.25, 0.3) is 5.82 Å². The molecule has 3 aromatic rings. The van der Waals surface area contributed by atoms with Gasteiger partial charge in [0.05, 0.1) is 17.2 Å². The highest BCUT2D eigenvalue weighted by molar-refractivity contribution is 7.92. The number of sulfonamides is 1. The predicted octanol–water partition coefficient (Wildman–Crippen LogP) is 1.96. The summed E-state index contributed by atoms with van der Waals surface area (Å²) < 4.78 is 28.3. The summed E-state index contributed by atoms with van der Waals surface area (Å²) in [5.74, 6) is -1.95. The first-order chi connectivity index (χ1) is 13.8. The minimum atomic E-state index is -3.84. The van der Waals surface area contributed by atoms with Gasteiger partial charge in [-0.3, -0.25) is 19.0 Å². The Bertz CT molecular complexity index is 1170. The summed E-state index contributed by atoms with van der Waals surface area (Å²) in [4.78, 5) is 27.6. The van der Waals surface area contributed by atoms with Crippen molar-refractivity contribution in [3.05, 3.63) is 70.8 Å². The number of rotatable bonds is 7. The number of hydrogen-bond donors (Lipinski definition) is 2. The molecule has 1 aromatic carbocycles. The molecule has 0 saturated carbocycles. The summed E-state index contributed by atoms with van der Waals surface area (Å²) in [6.07, 6.45) is 2.48. The van der Waals surface area contributed by atoms with E-state index in [2.05, 4.69) is 10.1 Å². The van der Waals surface area contributed by atoms with Crippen LogP contribution < -0.4 is 9.86 Å². The lowest BCUT2D eigenvalue weighted by molar-refractivity contribution is -0.138. The van der Waals surface area contributed by atoms with E-state index in [4.69, 9.17) is 5.11 Å². The molecule has 0 aliphatic carbocycles. The Labute approximate surface area is 167 Å². The second kappa shape index (κ2) is 7.92. The number of aromatic nitrogens is 3. The number of pyridine rings is 1. The largest absolute Gasteiger partial charge is 0.481 e. The van der Waals surface area contributed by atoms with Gasteiger partial charge in [0, 0.05) is 18.9 Å². The second-order valence-corrected chi connectivity index (χ2v) is 8.15. The molecule has 29 heavy (non-hydrogen) atoms. The minimum Gasteiger partial charge on any atom is -0.481 e. The van der Waals surface area contributed by atoms with Crippen LogP contribution >= 0.6 is 0 Å². The van der Waals surface area contributed by atoms with Gasteiger partial charge in [0.25, 0.3) is 15.6 Å². The minimum absolute atomic E-state index is 0.0225. The first kappa shape index (κ1) is 20.3. The second-order valence-electron chi connectivity index (χ2n) is 6.29. The molecule has 3 rings (SSSR count). The van der Waals surface area contributed by atoms with Crippen molar-refractivity contribution in [2.45, 2.75) is 24.7 Å². The van der Waals surface area contributed by atoms with Crippen LogP contribution in [0.15, 0.2) is 64.5 Å². The van der Waals surface area contributed by atoms with E-state index in [1.54, 1.807) is 37.3 Å². The van der Waals surface area contributed by atoms with Crippen LogP contribution in [0.2, 0.25) is 0 Å². The first-order valence-corrected chi connectivity index (χ1v) is 10.3. The van der Waals surface area contributed by atoms with Crippen molar-refractivity contribution in [1.82, 2.24) is 14.8 Å². The molecule has 0 saturated heterocycles. The number of anilines is 1. The number of aliphatic carboxylic acids is 1. The molecular weight excluding hydrogens is 396 g/mol. The van der Waals surface area contributed by atoms with Gasteiger partial charge in [0.15, 0.2) is 5.82 Å². The highest BCUT2D eigenvalue weighted by Crippen LogP contribution is 2.23. The number of carboxylic acid groups (broad SMARTS) is 1. The lowest BCUT2D eigenvalue weighted by Crippen LogP contribution is -2.31. The zero-order chi connectivity index (χ0) is 21.2. The van der Waals surface area contributed by atoms with E-state index < -0.39 is 27.5 Å². The monoisotopic (exact) mass is 416 g/mol. The molecule has 2 aromatic heterocycles. The van der Waals surface area contributed by atoms with E-state index in [0.717, 1.165) is 4.68 Å². The molecule has 0 radical (unpaired) electrons. The number of H-pyrrole nitrogens is 1. The highest BCUT2D eigenvalue weighted by atomic mass is 32.2. The van der Waals surface area contributed by atoms with Crippen LogP contribution in [-0.4, -0.2) is 40.8 Å². The number of carboxylic acids is 1. The van der Waals surface area contributed by atoms with E-state index in [9.17, 15) is 18.0 Å². The fraction of sp³-hybridized carbons (Fsp3) is 0.211. The number of nitrogens with zero attached hydrogens (tertiary/aromatic N) is 3. The van der Waals surface area contributed by atoms with Crippen molar-refractivity contribution >= 4 is 21.7 Å².